The summed E-state index contributed by atoms with van der Waals surface area (Å²) in [7, 11) is 2.94. The number of methoxy groups -OCH3 is 2. The van der Waals surface area contributed by atoms with Crippen LogP contribution in [0.25, 0.3) is 10.9 Å². The number of nitrogens with zero attached hydrogens (tertiary/aromatic N) is 1. The second-order valence-corrected chi connectivity index (χ2v) is 4.35. The maximum atomic E-state index is 11.4. The second-order valence-electron chi connectivity index (χ2n) is 4.35. The van der Waals surface area contributed by atoms with Crippen molar-refractivity contribution < 1.29 is 19.4 Å². The third-order valence-corrected chi connectivity index (χ3v) is 3.10. The minimum Gasteiger partial charge on any atom is -0.497 e. The third kappa shape index (κ3) is 2.56. The van der Waals surface area contributed by atoms with E-state index < -0.39 is 6.10 Å². The number of aliphatic hydroxyl groups excluding tert-OH is 1. The van der Waals surface area contributed by atoms with Gasteiger partial charge in [0.25, 0.3) is 0 Å². The molecule has 1 aromatic carbocycles. The summed E-state index contributed by atoms with van der Waals surface area (Å²) in [6.07, 6.45) is 1.17. The molecule has 1 N–H and O–H groups in total. The molecule has 19 heavy (non-hydrogen) atoms. The molecule has 0 saturated carbocycles. The highest BCUT2D eigenvalue weighted by Gasteiger charge is 2.15. The molecule has 2 aromatic rings. The molecule has 1 aromatic heterocycles. The van der Waals surface area contributed by atoms with Crippen LogP contribution in [0.4, 0.5) is 0 Å². The van der Waals surface area contributed by atoms with Crippen molar-refractivity contribution in [2.45, 2.75) is 19.6 Å². The standard InChI is InChI=1S/C14H17NO4/c1-9(16)12-7-15(8-14(17)19-3)13-6-10(18-2)4-5-11(12)13/h4-7,9,16H,8H2,1-3H3. The van der Waals surface area contributed by atoms with Gasteiger partial charge in [-0.3, -0.25) is 4.79 Å². The zero-order chi connectivity index (χ0) is 14.0. The van der Waals surface area contributed by atoms with Gasteiger partial charge in [-0.1, -0.05) is 0 Å². The number of aliphatic hydroxyl groups is 1. The number of carbonyl (C=O) groups excluding carboxylic acids is 1. The highest BCUT2D eigenvalue weighted by atomic mass is 16.5. The monoisotopic (exact) mass is 263 g/mol. The molecule has 0 spiro atoms. The SMILES string of the molecule is COC(=O)Cn1cc(C(C)O)c2ccc(OC)cc21. The minimum atomic E-state index is -0.602. The van der Waals surface area contributed by atoms with Gasteiger partial charge < -0.3 is 19.1 Å². The van der Waals surface area contributed by atoms with Gasteiger partial charge in [0.05, 0.1) is 25.8 Å². The molecule has 0 radical (unpaired) electrons. The van der Waals surface area contributed by atoms with E-state index in [0.29, 0.717) is 5.75 Å². The van der Waals surface area contributed by atoms with E-state index in [1.165, 1.54) is 7.11 Å². The number of fused-ring (bicyclic) bond motifs is 1. The van der Waals surface area contributed by atoms with E-state index in [1.807, 2.05) is 18.2 Å². The van der Waals surface area contributed by atoms with E-state index in [-0.39, 0.29) is 12.5 Å². The van der Waals surface area contributed by atoms with E-state index >= 15 is 0 Å². The zero-order valence-electron chi connectivity index (χ0n) is 11.2. The van der Waals surface area contributed by atoms with Gasteiger partial charge in [0.1, 0.15) is 12.3 Å². The van der Waals surface area contributed by atoms with Crippen molar-refractivity contribution in [3.63, 3.8) is 0 Å². The summed E-state index contributed by atoms with van der Waals surface area (Å²) in [5.41, 5.74) is 1.61. The van der Waals surface area contributed by atoms with Crippen molar-refractivity contribution in [3.8, 4) is 5.75 Å². The Balaban J connectivity index is 2.57. The minimum absolute atomic E-state index is 0.104. The number of ether oxygens (including phenoxy) is 2. The largest absolute Gasteiger partial charge is 0.497 e. The number of benzene rings is 1. The predicted octanol–water partition coefficient (Wildman–Crippen LogP) is 1.88. The van der Waals surface area contributed by atoms with Gasteiger partial charge in [0, 0.05) is 23.2 Å². The first kappa shape index (κ1) is 13.4. The summed E-state index contributed by atoms with van der Waals surface area (Å²) in [5, 5.41) is 10.7. The second kappa shape index (κ2) is 5.32. The Labute approximate surface area is 111 Å². The smallest absolute Gasteiger partial charge is 0.325 e. The normalized spacial score (nSPS) is 12.4. The summed E-state index contributed by atoms with van der Waals surface area (Å²) in [6.45, 7) is 1.80. The van der Waals surface area contributed by atoms with Crippen LogP contribution in [-0.4, -0.2) is 29.9 Å². The Kier molecular flexibility index (Phi) is 3.76. The molecule has 5 heteroatoms. The molecule has 0 aliphatic heterocycles. The molecule has 1 unspecified atom stereocenters. The van der Waals surface area contributed by atoms with Crippen LogP contribution in [0.3, 0.4) is 0 Å². The van der Waals surface area contributed by atoms with Gasteiger partial charge in [-0.05, 0) is 19.1 Å². The molecule has 0 aliphatic rings. The van der Waals surface area contributed by atoms with E-state index in [4.69, 9.17) is 4.74 Å². The lowest BCUT2D eigenvalue weighted by Gasteiger charge is -2.05. The van der Waals surface area contributed by atoms with Crippen molar-refractivity contribution in [2.24, 2.45) is 0 Å². The number of hydrogen-bond acceptors (Lipinski definition) is 4. The van der Waals surface area contributed by atoms with Gasteiger partial charge in [-0.25, -0.2) is 0 Å². The molecule has 0 fully saturated rings. The van der Waals surface area contributed by atoms with Gasteiger partial charge >= 0.3 is 5.97 Å². The molecular formula is C14H17NO4. The molecule has 0 bridgehead atoms. The van der Waals surface area contributed by atoms with E-state index in [2.05, 4.69) is 4.74 Å². The molecule has 1 heterocycles. The Morgan fingerprint density at radius 2 is 2.16 bits per heavy atom. The third-order valence-electron chi connectivity index (χ3n) is 3.10. The Hall–Kier alpha value is -2.01. The number of esters is 1. The summed E-state index contributed by atoms with van der Waals surface area (Å²) < 4.78 is 11.6. The quantitative estimate of drug-likeness (QED) is 0.855. The first-order chi connectivity index (χ1) is 9.06. The summed E-state index contributed by atoms with van der Waals surface area (Å²) >= 11 is 0. The predicted molar refractivity (Wildman–Crippen MR) is 71.1 cm³/mol. The summed E-state index contributed by atoms with van der Waals surface area (Å²) in [5.74, 6) is 0.366. The Bertz CT molecular complexity index is 601. The Morgan fingerprint density at radius 3 is 2.74 bits per heavy atom. The van der Waals surface area contributed by atoms with E-state index in [0.717, 1.165) is 16.5 Å². The van der Waals surface area contributed by atoms with Crippen molar-refractivity contribution >= 4 is 16.9 Å². The van der Waals surface area contributed by atoms with Crippen molar-refractivity contribution in [1.29, 1.82) is 0 Å². The van der Waals surface area contributed by atoms with Crippen LogP contribution in [0, 0.1) is 0 Å². The average molecular weight is 263 g/mol. The topological polar surface area (TPSA) is 60.7 Å². The maximum Gasteiger partial charge on any atom is 0.325 e. The van der Waals surface area contributed by atoms with E-state index in [9.17, 15) is 9.90 Å². The first-order valence-corrected chi connectivity index (χ1v) is 5.98. The van der Waals surface area contributed by atoms with Crippen LogP contribution in [0.1, 0.15) is 18.6 Å². The van der Waals surface area contributed by atoms with Crippen LogP contribution >= 0.6 is 0 Å². The number of rotatable bonds is 4. The number of hydrogen-bond donors (Lipinski definition) is 1. The molecule has 0 amide bonds. The van der Waals surface area contributed by atoms with Crippen molar-refractivity contribution in [2.75, 3.05) is 14.2 Å². The highest BCUT2D eigenvalue weighted by Crippen LogP contribution is 2.29. The van der Waals surface area contributed by atoms with Crippen LogP contribution in [-0.2, 0) is 16.1 Å². The maximum absolute atomic E-state index is 11.4. The van der Waals surface area contributed by atoms with Crippen molar-refractivity contribution in [3.05, 3.63) is 30.0 Å². The number of aromatic nitrogens is 1. The lowest BCUT2D eigenvalue weighted by atomic mass is 10.1. The molecule has 2 rings (SSSR count). The fourth-order valence-corrected chi connectivity index (χ4v) is 2.09. The lowest BCUT2D eigenvalue weighted by Crippen LogP contribution is -2.10. The molecule has 0 aliphatic carbocycles. The van der Waals surface area contributed by atoms with Gasteiger partial charge in [-0.2, -0.15) is 0 Å². The fraction of sp³-hybridized carbons (Fsp3) is 0.357. The average Bonchev–Trinajstić information content (AvgIpc) is 2.76. The molecule has 5 nitrogen and oxygen atoms in total. The Morgan fingerprint density at radius 1 is 1.42 bits per heavy atom. The molecule has 102 valence electrons. The highest BCUT2D eigenvalue weighted by molar-refractivity contribution is 5.87. The zero-order valence-corrected chi connectivity index (χ0v) is 11.2. The van der Waals surface area contributed by atoms with Gasteiger partial charge in [-0.15, -0.1) is 0 Å². The van der Waals surface area contributed by atoms with Crippen LogP contribution in [0.15, 0.2) is 24.4 Å². The number of carbonyl (C=O) groups is 1. The lowest BCUT2D eigenvalue weighted by molar-refractivity contribution is -0.141. The molecule has 0 saturated heterocycles. The summed E-state index contributed by atoms with van der Waals surface area (Å²) in [4.78, 5) is 11.4. The summed E-state index contributed by atoms with van der Waals surface area (Å²) in [6, 6.07) is 5.55. The fourth-order valence-electron chi connectivity index (χ4n) is 2.09. The van der Waals surface area contributed by atoms with Crippen LogP contribution in [0.5, 0.6) is 5.75 Å². The van der Waals surface area contributed by atoms with Crippen LogP contribution in [0.2, 0.25) is 0 Å². The van der Waals surface area contributed by atoms with Gasteiger partial charge in [0.2, 0.25) is 0 Å². The van der Waals surface area contributed by atoms with Crippen molar-refractivity contribution in [1.82, 2.24) is 4.57 Å². The molecular weight excluding hydrogens is 246 g/mol. The first-order valence-electron chi connectivity index (χ1n) is 5.98. The van der Waals surface area contributed by atoms with Crippen LogP contribution < -0.4 is 4.74 Å². The van der Waals surface area contributed by atoms with E-state index in [1.54, 1.807) is 24.8 Å². The van der Waals surface area contributed by atoms with Gasteiger partial charge in [0.15, 0.2) is 0 Å². The molecule has 1 atom stereocenters.